The minimum absolute atomic E-state index is 0.181. The monoisotopic (exact) mass is 351 g/mol. The molecule has 23 heavy (non-hydrogen) atoms. The van der Waals surface area contributed by atoms with E-state index in [1.54, 1.807) is 19.2 Å². The van der Waals surface area contributed by atoms with E-state index >= 15 is 0 Å². The fourth-order valence-corrected chi connectivity index (χ4v) is 3.96. The Morgan fingerprint density at radius 3 is 2.96 bits per heavy atom. The molecule has 6 heteroatoms. The van der Waals surface area contributed by atoms with Crippen molar-refractivity contribution in [3.63, 3.8) is 0 Å². The van der Waals surface area contributed by atoms with Crippen LogP contribution in [0.4, 0.5) is 0 Å². The van der Waals surface area contributed by atoms with Gasteiger partial charge in [-0.05, 0) is 54.7 Å². The van der Waals surface area contributed by atoms with Crippen LogP contribution >= 0.6 is 22.9 Å². The van der Waals surface area contributed by atoms with Gasteiger partial charge in [0.05, 0.1) is 22.9 Å². The third-order valence-electron chi connectivity index (χ3n) is 4.19. The van der Waals surface area contributed by atoms with Crippen LogP contribution in [0, 0.1) is 0 Å². The van der Waals surface area contributed by atoms with Crippen LogP contribution in [0.2, 0.25) is 4.34 Å². The number of fused-ring (bicyclic) bond motifs is 1. The van der Waals surface area contributed by atoms with Crippen molar-refractivity contribution in [1.29, 1.82) is 0 Å². The smallest absolute Gasteiger partial charge is 0.261 e. The number of ether oxygens (including phenoxy) is 1. The molecule has 2 aromatic rings. The maximum absolute atomic E-state index is 12.2. The Balaban J connectivity index is 1.76. The number of thiophene rings is 1. The van der Waals surface area contributed by atoms with Gasteiger partial charge in [0, 0.05) is 0 Å². The van der Waals surface area contributed by atoms with Gasteiger partial charge in [-0.15, -0.1) is 11.3 Å². The van der Waals surface area contributed by atoms with Crippen molar-refractivity contribution in [2.24, 2.45) is 0 Å². The topological polar surface area (TPSA) is 58.6 Å². The quantitative estimate of drug-likeness (QED) is 0.888. The molecule has 1 atom stereocenters. The van der Waals surface area contributed by atoms with Crippen molar-refractivity contribution in [3.05, 3.63) is 50.7 Å². The van der Waals surface area contributed by atoms with Gasteiger partial charge >= 0.3 is 0 Å². The van der Waals surface area contributed by atoms with Gasteiger partial charge in [0.1, 0.15) is 11.4 Å². The van der Waals surface area contributed by atoms with E-state index in [0.29, 0.717) is 15.6 Å². The van der Waals surface area contributed by atoms with Gasteiger partial charge in [0.15, 0.2) is 0 Å². The average Bonchev–Trinajstić information content (AvgIpc) is 2.99. The van der Waals surface area contributed by atoms with E-state index in [1.165, 1.54) is 11.3 Å². The van der Waals surface area contributed by atoms with Crippen molar-refractivity contribution >= 4 is 28.8 Å². The summed E-state index contributed by atoms with van der Waals surface area (Å²) in [7, 11) is 1.63. The molecule has 0 radical (unpaired) electrons. The molecule has 0 aliphatic heterocycles. The van der Waals surface area contributed by atoms with Crippen LogP contribution in [0.15, 0.2) is 30.3 Å². The Labute approximate surface area is 144 Å². The fourth-order valence-electron chi connectivity index (χ4n) is 3.00. The fraction of sp³-hybridized carbons (Fsp3) is 0.353. The maximum Gasteiger partial charge on any atom is 0.261 e. The number of benzene rings is 1. The number of rotatable bonds is 4. The average molecular weight is 352 g/mol. The second-order valence-corrected chi connectivity index (χ2v) is 7.41. The second-order valence-electron chi connectivity index (χ2n) is 5.69. The third-order valence-corrected chi connectivity index (χ3v) is 5.42. The normalized spacial score (nSPS) is 20.0. The minimum Gasteiger partial charge on any atom is -0.497 e. The molecule has 4 nitrogen and oxygen atoms in total. The van der Waals surface area contributed by atoms with Crippen molar-refractivity contribution in [2.45, 2.75) is 24.9 Å². The lowest BCUT2D eigenvalue weighted by Crippen LogP contribution is -2.42. The lowest BCUT2D eigenvalue weighted by atomic mass is 9.79. The molecule has 1 unspecified atom stereocenters. The first kappa shape index (κ1) is 16.3. The van der Waals surface area contributed by atoms with Crippen molar-refractivity contribution in [1.82, 2.24) is 5.32 Å². The molecule has 1 amide bonds. The SMILES string of the molecule is COc1ccc2c(c1)CCCC2(O)CNC(=O)c1ccc(Cl)s1. The Morgan fingerprint density at radius 2 is 2.26 bits per heavy atom. The first-order valence-electron chi connectivity index (χ1n) is 7.45. The van der Waals surface area contributed by atoms with Gasteiger partial charge in [0.25, 0.3) is 5.91 Å². The number of hydrogen-bond donors (Lipinski definition) is 2. The molecule has 1 heterocycles. The summed E-state index contributed by atoms with van der Waals surface area (Å²) < 4.78 is 5.82. The van der Waals surface area contributed by atoms with Crippen LogP contribution in [0.1, 0.15) is 33.6 Å². The number of carbonyl (C=O) groups excluding carboxylic acids is 1. The molecular formula is C17H18ClNO3S. The Kier molecular flexibility index (Phi) is 4.62. The van der Waals surface area contributed by atoms with Crippen molar-refractivity contribution in [2.75, 3.05) is 13.7 Å². The predicted molar refractivity (Wildman–Crippen MR) is 91.5 cm³/mol. The van der Waals surface area contributed by atoms with E-state index in [-0.39, 0.29) is 12.5 Å². The number of hydrogen-bond acceptors (Lipinski definition) is 4. The highest BCUT2D eigenvalue weighted by Gasteiger charge is 2.35. The van der Waals surface area contributed by atoms with Crippen LogP contribution < -0.4 is 10.1 Å². The first-order valence-corrected chi connectivity index (χ1v) is 8.64. The maximum atomic E-state index is 12.2. The third kappa shape index (κ3) is 3.37. The van der Waals surface area contributed by atoms with Gasteiger partial charge in [-0.3, -0.25) is 4.79 Å². The van der Waals surface area contributed by atoms with E-state index in [9.17, 15) is 9.90 Å². The zero-order chi connectivity index (χ0) is 16.4. The number of halogens is 1. The summed E-state index contributed by atoms with van der Waals surface area (Å²) in [5, 5.41) is 13.8. The molecule has 1 aliphatic rings. The number of carbonyl (C=O) groups is 1. The van der Waals surface area contributed by atoms with E-state index < -0.39 is 5.60 Å². The zero-order valence-corrected chi connectivity index (χ0v) is 14.3. The molecular weight excluding hydrogens is 334 g/mol. The lowest BCUT2D eigenvalue weighted by Gasteiger charge is -2.34. The summed E-state index contributed by atoms with van der Waals surface area (Å²) in [6, 6.07) is 9.07. The molecule has 0 spiro atoms. The second kappa shape index (κ2) is 6.51. The molecule has 1 aromatic heterocycles. The van der Waals surface area contributed by atoms with Crippen LogP contribution in [-0.4, -0.2) is 24.7 Å². The zero-order valence-electron chi connectivity index (χ0n) is 12.8. The summed E-state index contributed by atoms with van der Waals surface area (Å²) in [5.74, 6) is 0.571. The highest BCUT2D eigenvalue weighted by molar-refractivity contribution is 7.17. The lowest BCUT2D eigenvalue weighted by molar-refractivity contribution is 0.0189. The van der Waals surface area contributed by atoms with Crippen LogP contribution in [0.25, 0.3) is 0 Å². The predicted octanol–water partition coefficient (Wildman–Crippen LogP) is 3.36. The molecule has 0 saturated heterocycles. The van der Waals surface area contributed by atoms with Crippen LogP contribution in [0.3, 0.4) is 0 Å². The highest BCUT2D eigenvalue weighted by Crippen LogP contribution is 2.36. The van der Waals surface area contributed by atoms with Crippen molar-refractivity contribution in [3.8, 4) is 5.75 Å². The molecule has 0 fully saturated rings. The van der Waals surface area contributed by atoms with Gasteiger partial charge < -0.3 is 15.2 Å². The molecule has 0 saturated carbocycles. The summed E-state index contributed by atoms with van der Waals surface area (Å²) in [5.41, 5.74) is 0.900. The number of aliphatic hydroxyl groups is 1. The Morgan fingerprint density at radius 1 is 1.43 bits per heavy atom. The largest absolute Gasteiger partial charge is 0.497 e. The van der Waals surface area contributed by atoms with Gasteiger partial charge in [0.2, 0.25) is 0 Å². The molecule has 1 aliphatic carbocycles. The molecule has 3 rings (SSSR count). The Bertz CT molecular complexity index is 730. The Hall–Kier alpha value is -1.56. The number of amides is 1. The van der Waals surface area contributed by atoms with E-state index in [0.717, 1.165) is 29.7 Å². The summed E-state index contributed by atoms with van der Waals surface area (Å²) in [6.45, 7) is 0.181. The number of aryl methyl sites for hydroxylation is 1. The minimum atomic E-state index is -1.05. The van der Waals surface area contributed by atoms with Crippen molar-refractivity contribution < 1.29 is 14.6 Å². The van der Waals surface area contributed by atoms with Gasteiger partial charge in [-0.25, -0.2) is 0 Å². The number of nitrogens with one attached hydrogen (secondary N) is 1. The van der Waals surface area contributed by atoms with Crippen LogP contribution in [-0.2, 0) is 12.0 Å². The summed E-state index contributed by atoms with van der Waals surface area (Å²) in [6.07, 6.45) is 2.40. The van der Waals surface area contributed by atoms with Gasteiger partial charge in [-0.2, -0.15) is 0 Å². The van der Waals surface area contributed by atoms with Gasteiger partial charge in [-0.1, -0.05) is 17.7 Å². The first-order chi connectivity index (χ1) is 11.0. The molecule has 122 valence electrons. The van der Waals surface area contributed by atoms with E-state index in [1.807, 2.05) is 18.2 Å². The standard InChI is InChI=1S/C17H18ClNO3S/c1-22-12-4-5-13-11(9-12)3-2-8-17(13,21)10-19-16(20)14-6-7-15(18)23-14/h4-7,9,21H,2-3,8,10H2,1H3,(H,19,20). The van der Waals surface area contributed by atoms with E-state index in [2.05, 4.69) is 5.32 Å². The molecule has 0 bridgehead atoms. The van der Waals surface area contributed by atoms with E-state index in [4.69, 9.17) is 16.3 Å². The number of methoxy groups -OCH3 is 1. The summed E-state index contributed by atoms with van der Waals surface area (Å²) in [4.78, 5) is 12.7. The van der Waals surface area contributed by atoms with Crippen LogP contribution in [0.5, 0.6) is 5.75 Å². The molecule has 1 aromatic carbocycles. The highest BCUT2D eigenvalue weighted by atomic mass is 35.5. The summed E-state index contributed by atoms with van der Waals surface area (Å²) >= 11 is 7.08. The molecule has 2 N–H and O–H groups in total.